The van der Waals surface area contributed by atoms with Crippen LogP contribution in [0.15, 0.2) is 29.0 Å². The third-order valence-electron chi connectivity index (χ3n) is 2.34. The molecule has 0 unspecified atom stereocenters. The molecule has 1 heterocycles. The van der Waals surface area contributed by atoms with Crippen molar-refractivity contribution in [2.24, 2.45) is 0 Å². The minimum atomic E-state index is 0.458. The van der Waals surface area contributed by atoms with Crippen LogP contribution in [-0.2, 0) is 0 Å². The largest absolute Gasteiger partial charge is 0.437 e. The lowest BCUT2D eigenvalue weighted by Gasteiger charge is -2.10. The Morgan fingerprint density at radius 2 is 2.11 bits per heavy atom. The molecule has 0 bridgehead atoms. The van der Waals surface area contributed by atoms with Gasteiger partial charge in [0, 0.05) is 12.1 Å². The topological polar surface area (TPSA) is 47.0 Å². The molecule has 0 aliphatic rings. The van der Waals surface area contributed by atoms with Crippen LogP contribution in [0.1, 0.15) is 5.56 Å². The maximum absolute atomic E-state index is 5.90. The van der Waals surface area contributed by atoms with Crippen molar-refractivity contribution in [3.63, 3.8) is 0 Å². The van der Waals surface area contributed by atoms with Crippen molar-refractivity contribution < 1.29 is 4.74 Å². The number of aryl methyl sites for hydroxylation is 1. The Morgan fingerprint density at radius 3 is 2.78 bits per heavy atom. The number of nitrogens with zero attached hydrogens (tertiary/aromatic N) is 2. The third-order valence-corrected chi connectivity index (χ3v) is 3.29. The summed E-state index contributed by atoms with van der Waals surface area (Å²) in [6, 6.07) is 5.42. The molecule has 0 aliphatic heterocycles. The van der Waals surface area contributed by atoms with E-state index in [9.17, 15) is 0 Å². The second-order valence-corrected chi connectivity index (χ2v) is 4.83. The average molecular weight is 329 g/mol. The Hall–Kier alpha value is -1.33. The zero-order valence-corrected chi connectivity index (χ0v) is 12.2. The fourth-order valence-corrected chi connectivity index (χ4v) is 2.14. The number of rotatable bonds is 3. The highest BCUT2D eigenvalue weighted by Crippen LogP contribution is 2.33. The molecule has 0 saturated heterocycles. The van der Waals surface area contributed by atoms with E-state index in [0.717, 1.165) is 5.56 Å². The van der Waals surface area contributed by atoms with Crippen molar-refractivity contribution >= 4 is 33.3 Å². The first-order chi connectivity index (χ1) is 8.61. The number of hydrogen-bond acceptors (Lipinski definition) is 4. The maximum atomic E-state index is 5.90. The Morgan fingerprint density at radius 1 is 1.33 bits per heavy atom. The zero-order valence-electron chi connectivity index (χ0n) is 9.87. The highest BCUT2D eigenvalue weighted by molar-refractivity contribution is 9.10. The number of aromatic nitrogens is 2. The first kappa shape index (κ1) is 13.1. The molecule has 94 valence electrons. The van der Waals surface area contributed by atoms with Gasteiger partial charge in [-0.1, -0.05) is 11.6 Å². The van der Waals surface area contributed by atoms with Gasteiger partial charge in [-0.25, -0.2) is 9.97 Å². The summed E-state index contributed by atoms with van der Waals surface area (Å²) in [4.78, 5) is 8.16. The fourth-order valence-electron chi connectivity index (χ4n) is 1.43. The molecule has 2 aromatic rings. The molecule has 0 fully saturated rings. The number of ether oxygens (including phenoxy) is 1. The van der Waals surface area contributed by atoms with Gasteiger partial charge in [0.1, 0.15) is 22.4 Å². The van der Waals surface area contributed by atoms with Crippen LogP contribution >= 0.6 is 27.5 Å². The number of hydrogen-bond donors (Lipinski definition) is 1. The van der Waals surface area contributed by atoms with Crippen LogP contribution in [-0.4, -0.2) is 17.0 Å². The van der Waals surface area contributed by atoms with Gasteiger partial charge in [-0.3, -0.25) is 0 Å². The lowest BCUT2D eigenvalue weighted by Crippen LogP contribution is -1.98. The van der Waals surface area contributed by atoms with Crippen molar-refractivity contribution in [2.75, 3.05) is 12.4 Å². The summed E-state index contributed by atoms with van der Waals surface area (Å²) in [6.07, 6.45) is 1.44. The lowest BCUT2D eigenvalue weighted by molar-refractivity contribution is 0.455. The second-order valence-electron chi connectivity index (χ2n) is 3.60. The molecule has 4 nitrogen and oxygen atoms in total. The second kappa shape index (κ2) is 5.54. The molecule has 6 heteroatoms. The third kappa shape index (κ3) is 2.73. The molecule has 1 aromatic carbocycles. The summed E-state index contributed by atoms with van der Waals surface area (Å²) in [5.41, 5.74) is 0.944. The Kier molecular flexibility index (Phi) is 4.04. The van der Waals surface area contributed by atoms with Crippen LogP contribution in [0.5, 0.6) is 11.6 Å². The summed E-state index contributed by atoms with van der Waals surface area (Å²) in [6.45, 7) is 1.93. The predicted molar refractivity (Wildman–Crippen MR) is 75.5 cm³/mol. The van der Waals surface area contributed by atoms with Crippen LogP contribution in [0.3, 0.4) is 0 Å². The van der Waals surface area contributed by atoms with E-state index in [0.29, 0.717) is 26.9 Å². The summed E-state index contributed by atoms with van der Waals surface area (Å²) < 4.78 is 6.42. The van der Waals surface area contributed by atoms with E-state index in [2.05, 4.69) is 31.2 Å². The van der Waals surface area contributed by atoms with Crippen LogP contribution in [0, 0.1) is 6.92 Å². The van der Waals surface area contributed by atoms with Crippen LogP contribution in [0.4, 0.5) is 5.82 Å². The van der Waals surface area contributed by atoms with Gasteiger partial charge in [0.15, 0.2) is 0 Å². The molecular weight excluding hydrogens is 318 g/mol. The summed E-state index contributed by atoms with van der Waals surface area (Å²) in [5.74, 6) is 1.84. The monoisotopic (exact) mass is 327 g/mol. The van der Waals surface area contributed by atoms with E-state index < -0.39 is 0 Å². The van der Waals surface area contributed by atoms with Crippen molar-refractivity contribution in [2.45, 2.75) is 6.92 Å². The quantitative estimate of drug-likeness (QED) is 0.924. The van der Waals surface area contributed by atoms with Crippen molar-refractivity contribution in [1.29, 1.82) is 0 Å². The molecule has 1 N–H and O–H groups in total. The number of anilines is 1. The molecule has 0 saturated carbocycles. The summed E-state index contributed by atoms with van der Waals surface area (Å²) >= 11 is 9.30. The minimum Gasteiger partial charge on any atom is -0.437 e. The van der Waals surface area contributed by atoms with E-state index in [-0.39, 0.29) is 0 Å². The SMILES string of the molecule is CNc1ncnc(Oc2ccc(Cl)cc2C)c1Br. The maximum Gasteiger partial charge on any atom is 0.238 e. The molecule has 0 atom stereocenters. The molecule has 0 aliphatic carbocycles. The Labute approximate surface area is 118 Å². The Balaban J connectivity index is 2.34. The smallest absolute Gasteiger partial charge is 0.238 e. The van der Waals surface area contributed by atoms with E-state index in [4.69, 9.17) is 16.3 Å². The fraction of sp³-hybridized carbons (Fsp3) is 0.167. The van der Waals surface area contributed by atoms with Gasteiger partial charge in [-0.2, -0.15) is 0 Å². The van der Waals surface area contributed by atoms with E-state index in [1.165, 1.54) is 6.33 Å². The molecular formula is C12H11BrClN3O. The first-order valence-corrected chi connectivity index (χ1v) is 6.41. The Bertz CT molecular complexity index is 577. The zero-order chi connectivity index (χ0) is 13.1. The van der Waals surface area contributed by atoms with Gasteiger partial charge in [0.05, 0.1) is 0 Å². The van der Waals surface area contributed by atoms with Gasteiger partial charge in [0.2, 0.25) is 5.88 Å². The van der Waals surface area contributed by atoms with E-state index in [1.54, 1.807) is 13.1 Å². The molecule has 0 spiro atoms. The molecule has 1 aromatic heterocycles. The standard InChI is InChI=1S/C12H11BrClN3O/c1-7-5-8(14)3-4-9(7)18-12-10(13)11(15-2)16-6-17-12/h3-6H,1-2H3,(H,15,16,17). The highest BCUT2D eigenvalue weighted by Gasteiger charge is 2.11. The van der Waals surface area contributed by atoms with Gasteiger partial charge in [-0.15, -0.1) is 0 Å². The normalized spacial score (nSPS) is 10.2. The van der Waals surface area contributed by atoms with E-state index >= 15 is 0 Å². The van der Waals surface area contributed by atoms with Crippen LogP contribution in [0.25, 0.3) is 0 Å². The van der Waals surface area contributed by atoms with Gasteiger partial charge >= 0.3 is 0 Å². The van der Waals surface area contributed by atoms with Gasteiger partial charge in [-0.05, 0) is 46.6 Å². The first-order valence-electron chi connectivity index (χ1n) is 5.24. The van der Waals surface area contributed by atoms with Crippen molar-refractivity contribution in [3.8, 4) is 11.6 Å². The van der Waals surface area contributed by atoms with Crippen LogP contribution < -0.4 is 10.1 Å². The van der Waals surface area contributed by atoms with Gasteiger partial charge in [0.25, 0.3) is 0 Å². The molecule has 0 radical (unpaired) electrons. The number of benzene rings is 1. The van der Waals surface area contributed by atoms with Crippen molar-refractivity contribution in [1.82, 2.24) is 9.97 Å². The predicted octanol–water partition coefficient (Wildman–Crippen LogP) is 4.03. The summed E-state index contributed by atoms with van der Waals surface area (Å²) in [7, 11) is 1.78. The molecule has 0 amide bonds. The minimum absolute atomic E-state index is 0.458. The molecule has 2 rings (SSSR count). The van der Waals surface area contributed by atoms with Gasteiger partial charge < -0.3 is 10.1 Å². The highest BCUT2D eigenvalue weighted by atomic mass is 79.9. The average Bonchev–Trinajstić information content (AvgIpc) is 2.35. The van der Waals surface area contributed by atoms with E-state index in [1.807, 2.05) is 19.1 Å². The van der Waals surface area contributed by atoms with Crippen LogP contribution in [0.2, 0.25) is 5.02 Å². The number of halogens is 2. The van der Waals surface area contributed by atoms with Crippen molar-refractivity contribution in [3.05, 3.63) is 39.6 Å². The lowest BCUT2D eigenvalue weighted by atomic mass is 10.2. The summed E-state index contributed by atoms with van der Waals surface area (Å²) in [5, 5.41) is 3.62. The number of nitrogens with one attached hydrogen (secondary N) is 1. The molecule has 18 heavy (non-hydrogen) atoms.